The van der Waals surface area contributed by atoms with E-state index in [0.29, 0.717) is 6.42 Å². The summed E-state index contributed by atoms with van der Waals surface area (Å²) in [6.45, 7) is 2.09. The highest BCUT2D eigenvalue weighted by molar-refractivity contribution is 5.76. The van der Waals surface area contributed by atoms with Crippen LogP contribution in [0, 0.1) is 6.92 Å². The predicted octanol–water partition coefficient (Wildman–Crippen LogP) is 2.31. The maximum atomic E-state index is 12.0. The van der Waals surface area contributed by atoms with Crippen LogP contribution in [0.3, 0.4) is 0 Å². The summed E-state index contributed by atoms with van der Waals surface area (Å²) in [6.07, 6.45) is 5.78. The van der Waals surface area contributed by atoms with E-state index in [0.717, 1.165) is 19.3 Å². The maximum Gasteiger partial charge on any atom is 0.220 e. The van der Waals surface area contributed by atoms with Gasteiger partial charge in [0.25, 0.3) is 0 Å². The van der Waals surface area contributed by atoms with Gasteiger partial charge in [-0.1, -0.05) is 37.1 Å². The second-order valence-electron chi connectivity index (χ2n) is 5.55. The third-order valence-electron chi connectivity index (χ3n) is 4.05. The monoisotopic (exact) mass is 260 g/mol. The number of nitrogens with two attached hydrogens (primary N) is 1. The second-order valence-corrected chi connectivity index (χ2v) is 5.55. The lowest BCUT2D eigenvalue weighted by Crippen LogP contribution is -2.49. The Bertz CT molecular complexity index is 431. The van der Waals surface area contributed by atoms with Crippen molar-refractivity contribution in [1.82, 2.24) is 5.32 Å². The Morgan fingerprint density at radius 2 is 2.05 bits per heavy atom. The summed E-state index contributed by atoms with van der Waals surface area (Å²) in [6, 6.07) is 8.55. The largest absolute Gasteiger partial charge is 0.352 e. The Morgan fingerprint density at radius 3 is 2.79 bits per heavy atom. The van der Waals surface area contributed by atoms with Gasteiger partial charge in [-0.15, -0.1) is 0 Å². The normalized spacial score (nSPS) is 23.1. The molecule has 1 fully saturated rings. The average Bonchev–Trinajstić information content (AvgIpc) is 2.40. The Hall–Kier alpha value is -1.35. The molecule has 2 rings (SSSR count). The first-order valence-electron chi connectivity index (χ1n) is 7.26. The summed E-state index contributed by atoms with van der Waals surface area (Å²) in [5.74, 6) is 0.130. The van der Waals surface area contributed by atoms with Crippen LogP contribution in [0.1, 0.15) is 43.2 Å². The molecule has 0 radical (unpaired) electrons. The molecular weight excluding hydrogens is 236 g/mol. The van der Waals surface area contributed by atoms with E-state index in [2.05, 4.69) is 24.4 Å². The number of benzene rings is 1. The fourth-order valence-electron chi connectivity index (χ4n) is 2.76. The Balaban J connectivity index is 1.80. The number of rotatable bonds is 4. The van der Waals surface area contributed by atoms with Crippen LogP contribution in [0.15, 0.2) is 24.3 Å². The lowest BCUT2D eigenvalue weighted by molar-refractivity contribution is -0.122. The maximum absolute atomic E-state index is 12.0. The van der Waals surface area contributed by atoms with Crippen molar-refractivity contribution in [3.8, 4) is 0 Å². The summed E-state index contributed by atoms with van der Waals surface area (Å²) in [4.78, 5) is 12.0. The first-order chi connectivity index (χ1) is 9.16. The molecule has 1 aromatic carbocycles. The zero-order valence-electron chi connectivity index (χ0n) is 11.7. The average molecular weight is 260 g/mol. The number of carbonyl (C=O) groups is 1. The van der Waals surface area contributed by atoms with Crippen LogP contribution in [0.5, 0.6) is 0 Å². The smallest absolute Gasteiger partial charge is 0.220 e. The third kappa shape index (κ3) is 4.06. The molecule has 0 spiro atoms. The van der Waals surface area contributed by atoms with Gasteiger partial charge < -0.3 is 11.1 Å². The highest BCUT2D eigenvalue weighted by atomic mass is 16.1. The van der Waals surface area contributed by atoms with Crippen LogP contribution >= 0.6 is 0 Å². The SMILES string of the molecule is Cc1ccccc1CCC(=O)NC1CCCCC1N. The third-order valence-corrected chi connectivity index (χ3v) is 4.05. The van der Waals surface area contributed by atoms with Crippen molar-refractivity contribution in [2.24, 2.45) is 5.73 Å². The highest BCUT2D eigenvalue weighted by Crippen LogP contribution is 2.17. The summed E-state index contributed by atoms with van der Waals surface area (Å²) in [7, 11) is 0. The molecule has 3 heteroatoms. The van der Waals surface area contributed by atoms with Crippen molar-refractivity contribution in [1.29, 1.82) is 0 Å². The van der Waals surface area contributed by atoms with Gasteiger partial charge in [0.2, 0.25) is 5.91 Å². The van der Waals surface area contributed by atoms with Crippen molar-refractivity contribution in [3.63, 3.8) is 0 Å². The van der Waals surface area contributed by atoms with Crippen LogP contribution in [-0.2, 0) is 11.2 Å². The molecule has 0 saturated heterocycles. The van der Waals surface area contributed by atoms with Crippen molar-refractivity contribution >= 4 is 5.91 Å². The first-order valence-corrected chi connectivity index (χ1v) is 7.26. The van der Waals surface area contributed by atoms with Crippen LogP contribution in [-0.4, -0.2) is 18.0 Å². The topological polar surface area (TPSA) is 55.1 Å². The molecule has 3 nitrogen and oxygen atoms in total. The minimum Gasteiger partial charge on any atom is -0.352 e. The summed E-state index contributed by atoms with van der Waals surface area (Å²) < 4.78 is 0. The zero-order chi connectivity index (χ0) is 13.7. The first kappa shape index (κ1) is 14.1. The van der Waals surface area contributed by atoms with E-state index in [-0.39, 0.29) is 18.0 Å². The Morgan fingerprint density at radius 1 is 1.32 bits per heavy atom. The Kier molecular flexibility index (Phi) is 4.97. The molecule has 3 N–H and O–H groups in total. The van der Waals surface area contributed by atoms with Crippen molar-refractivity contribution in [3.05, 3.63) is 35.4 Å². The lowest BCUT2D eigenvalue weighted by atomic mass is 9.91. The lowest BCUT2D eigenvalue weighted by Gasteiger charge is -2.29. The number of nitrogens with one attached hydrogen (secondary N) is 1. The fourth-order valence-corrected chi connectivity index (χ4v) is 2.76. The van der Waals surface area contributed by atoms with Gasteiger partial charge in [0, 0.05) is 18.5 Å². The van der Waals surface area contributed by atoms with Crippen LogP contribution in [0.4, 0.5) is 0 Å². The van der Waals surface area contributed by atoms with Gasteiger partial charge in [-0.05, 0) is 37.3 Å². The number of carbonyl (C=O) groups excluding carboxylic acids is 1. The van der Waals surface area contributed by atoms with E-state index >= 15 is 0 Å². The van der Waals surface area contributed by atoms with Gasteiger partial charge in [-0.3, -0.25) is 4.79 Å². The minimum absolute atomic E-state index is 0.130. The van der Waals surface area contributed by atoms with E-state index in [1.54, 1.807) is 0 Å². The van der Waals surface area contributed by atoms with Gasteiger partial charge in [0.05, 0.1) is 0 Å². The molecule has 1 aliphatic rings. The molecule has 1 aromatic rings. The quantitative estimate of drug-likeness (QED) is 0.873. The van der Waals surface area contributed by atoms with E-state index in [4.69, 9.17) is 5.73 Å². The van der Waals surface area contributed by atoms with Crippen LogP contribution in [0.25, 0.3) is 0 Å². The molecule has 1 saturated carbocycles. The van der Waals surface area contributed by atoms with Crippen LogP contribution < -0.4 is 11.1 Å². The van der Waals surface area contributed by atoms with E-state index in [1.807, 2.05) is 12.1 Å². The molecule has 104 valence electrons. The fraction of sp³-hybridized carbons (Fsp3) is 0.562. The molecule has 0 bridgehead atoms. The predicted molar refractivity (Wildman–Crippen MR) is 77.9 cm³/mol. The second kappa shape index (κ2) is 6.71. The van der Waals surface area contributed by atoms with Gasteiger partial charge in [-0.25, -0.2) is 0 Å². The molecule has 2 atom stereocenters. The molecule has 19 heavy (non-hydrogen) atoms. The molecule has 0 heterocycles. The van der Waals surface area contributed by atoms with Gasteiger partial charge in [0.1, 0.15) is 0 Å². The highest BCUT2D eigenvalue weighted by Gasteiger charge is 2.22. The summed E-state index contributed by atoms with van der Waals surface area (Å²) in [5.41, 5.74) is 8.55. The van der Waals surface area contributed by atoms with E-state index in [1.165, 1.54) is 24.0 Å². The minimum atomic E-state index is 0.130. The van der Waals surface area contributed by atoms with Crippen molar-refractivity contribution in [2.45, 2.75) is 57.5 Å². The van der Waals surface area contributed by atoms with Crippen LogP contribution in [0.2, 0.25) is 0 Å². The number of aryl methyl sites for hydroxylation is 2. The summed E-state index contributed by atoms with van der Waals surface area (Å²) >= 11 is 0. The van der Waals surface area contributed by atoms with Crippen molar-refractivity contribution < 1.29 is 4.79 Å². The number of hydrogen-bond acceptors (Lipinski definition) is 2. The van der Waals surface area contributed by atoms with Gasteiger partial charge in [0.15, 0.2) is 0 Å². The summed E-state index contributed by atoms with van der Waals surface area (Å²) in [5, 5.41) is 3.09. The molecule has 1 amide bonds. The van der Waals surface area contributed by atoms with Gasteiger partial charge in [-0.2, -0.15) is 0 Å². The van der Waals surface area contributed by atoms with Crippen molar-refractivity contribution in [2.75, 3.05) is 0 Å². The number of hydrogen-bond donors (Lipinski definition) is 2. The van der Waals surface area contributed by atoms with Gasteiger partial charge >= 0.3 is 0 Å². The molecular formula is C16H24N2O. The zero-order valence-corrected chi connectivity index (χ0v) is 11.7. The Labute approximate surface area is 115 Å². The standard InChI is InChI=1S/C16H24N2O/c1-12-6-2-3-7-13(12)10-11-16(19)18-15-9-5-4-8-14(15)17/h2-3,6-7,14-15H,4-5,8-11,17H2,1H3,(H,18,19). The van der Waals surface area contributed by atoms with E-state index < -0.39 is 0 Å². The molecule has 0 aromatic heterocycles. The molecule has 0 aliphatic heterocycles. The van der Waals surface area contributed by atoms with E-state index in [9.17, 15) is 4.79 Å². The molecule has 2 unspecified atom stereocenters. The number of amides is 1. The molecule has 1 aliphatic carbocycles.